The van der Waals surface area contributed by atoms with Crippen LogP contribution in [0.15, 0.2) is 36.4 Å². The second-order valence-electron chi connectivity index (χ2n) is 4.12. The Labute approximate surface area is 109 Å². The maximum atomic E-state index is 12.9. The molecule has 3 N–H and O–H groups in total. The van der Waals surface area contributed by atoms with Crippen LogP contribution in [0.4, 0.5) is 10.1 Å². The molecule has 2 aromatic carbocycles. The van der Waals surface area contributed by atoms with Crippen LogP contribution >= 0.6 is 0 Å². The van der Waals surface area contributed by atoms with E-state index >= 15 is 0 Å². The van der Waals surface area contributed by atoms with Gasteiger partial charge in [-0.2, -0.15) is 0 Å². The Balaban J connectivity index is 2.23. The number of halogens is 1. The van der Waals surface area contributed by atoms with E-state index in [1.165, 1.54) is 30.3 Å². The number of amides is 1. The average molecular weight is 261 g/mol. The largest absolute Gasteiger partial charge is 0.504 e. The van der Waals surface area contributed by atoms with E-state index < -0.39 is 5.91 Å². The zero-order valence-electron chi connectivity index (χ0n) is 10.1. The summed E-state index contributed by atoms with van der Waals surface area (Å²) in [6.07, 6.45) is 0. The number of carbonyl (C=O) groups excluding carboxylic acids is 1. The van der Waals surface area contributed by atoms with Crippen molar-refractivity contribution >= 4 is 11.6 Å². The lowest BCUT2D eigenvalue weighted by atomic mass is 10.1. The molecule has 0 radical (unpaired) electrons. The van der Waals surface area contributed by atoms with E-state index in [1.54, 1.807) is 6.92 Å². The molecule has 0 saturated carbocycles. The minimum Gasteiger partial charge on any atom is -0.504 e. The Morgan fingerprint density at radius 1 is 1.11 bits per heavy atom. The smallest absolute Gasteiger partial charge is 0.255 e. The van der Waals surface area contributed by atoms with Gasteiger partial charge < -0.3 is 15.5 Å². The zero-order chi connectivity index (χ0) is 14.0. The van der Waals surface area contributed by atoms with Crippen LogP contribution in [-0.2, 0) is 0 Å². The first-order chi connectivity index (χ1) is 8.97. The topological polar surface area (TPSA) is 69.6 Å². The number of rotatable bonds is 2. The monoisotopic (exact) mass is 261 g/mol. The van der Waals surface area contributed by atoms with Gasteiger partial charge in [-0.3, -0.25) is 4.79 Å². The third-order valence-corrected chi connectivity index (χ3v) is 2.67. The average Bonchev–Trinajstić information content (AvgIpc) is 2.36. The predicted octanol–water partition coefficient (Wildman–Crippen LogP) is 2.80. The van der Waals surface area contributed by atoms with Crippen LogP contribution in [0.5, 0.6) is 11.5 Å². The van der Waals surface area contributed by atoms with Gasteiger partial charge in [-0.1, -0.05) is 0 Å². The Kier molecular flexibility index (Phi) is 3.37. The molecule has 0 aromatic heterocycles. The number of carbonyl (C=O) groups is 1. The maximum absolute atomic E-state index is 12.9. The molecule has 0 heterocycles. The van der Waals surface area contributed by atoms with Crippen molar-refractivity contribution < 1.29 is 19.4 Å². The van der Waals surface area contributed by atoms with Crippen LogP contribution < -0.4 is 5.32 Å². The quantitative estimate of drug-likeness (QED) is 0.728. The third-order valence-electron chi connectivity index (χ3n) is 2.67. The lowest BCUT2D eigenvalue weighted by molar-refractivity contribution is 0.102. The summed E-state index contributed by atoms with van der Waals surface area (Å²) in [5.74, 6) is -1.50. The van der Waals surface area contributed by atoms with Crippen LogP contribution in [0, 0.1) is 12.7 Å². The first kappa shape index (κ1) is 12.9. The highest BCUT2D eigenvalue weighted by atomic mass is 19.1. The zero-order valence-corrected chi connectivity index (χ0v) is 10.1. The SMILES string of the molecule is Cc1cc(F)ccc1NC(=O)c1ccc(O)c(O)c1. The van der Waals surface area contributed by atoms with Gasteiger partial charge in [0, 0.05) is 11.3 Å². The Morgan fingerprint density at radius 2 is 1.84 bits per heavy atom. The summed E-state index contributed by atoms with van der Waals surface area (Å²) in [4.78, 5) is 11.9. The molecular weight excluding hydrogens is 249 g/mol. The summed E-state index contributed by atoms with van der Waals surface area (Å²) in [6, 6.07) is 7.78. The van der Waals surface area contributed by atoms with E-state index in [0.717, 1.165) is 6.07 Å². The van der Waals surface area contributed by atoms with Crippen molar-refractivity contribution in [3.8, 4) is 11.5 Å². The van der Waals surface area contributed by atoms with E-state index in [4.69, 9.17) is 5.11 Å². The molecule has 98 valence electrons. The van der Waals surface area contributed by atoms with Gasteiger partial charge in [0.25, 0.3) is 5.91 Å². The summed E-state index contributed by atoms with van der Waals surface area (Å²) in [5.41, 5.74) is 1.27. The van der Waals surface area contributed by atoms with Gasteiger partial charge in [-0.15, -0.1) is 0 Å². The fourth-order valence-electron chi connectivity index (χ4n) is 1.63. The lowest BCUT2D eigenvalue weighted by Crippen LogP contribution is -2.12. The Bertz CT molecular complexity index is 641. The Morgan fingerprint density at radius 3 is 2.47 bits per heavy atom. The van der Waals surface area contributed by atoms with Crippen LogP contribution in [0.2, 0.25) is 0 Å². The van der Waals surface area contributed by atoms with Crippen molar-refractivity contribution in [1.29, 1.82) is 0 Å². The molecule has 0 fully saturated rings. The summed E-state index contributed by atoms with van der Waals surface area (Å²) < 4.78 is 12.9. The second kappa shape index (κ2) is 4.97. The van der Waals surface area contributed by atoms with Gasteiger partial charge in [0.2, 0.25) is 0 Å². The number of hydrogen-bond donors (Lipinski definition) is 3. The van der Waals surface area contributed by atoms with Gasteiger partial charge in [-0.05, 0) is 48.9 Å². The molecule has 5 heteroatoms. The van der Waals surface area contributed by atoms with Crippen molar-refractivity contribution in [3.63, 3.8) is 0 Å². The van der Waals surface area contributed by atoms with Crippen molar-refractivity contribution in [2.75, 3.05) is 5.32 Å². The molecule has 0 bridgehead atoms. The predicted molar refractivity (Wildman–Crippen MR) is 68.9 cm³/mol. The highest BCUT2D eigenvalue weighted by Crippen LogP contribution is 2.25. The van der Waals surface area contributed by atoms with Crippen molar-refractivity contribution in [1.82, 2.24) is 0 Å². The minimum absolute atomic E-state index is 0.194. The minimum atomic E-state index is -0.454. The summed E-state index contributed by atoms with van der Waals surface area (Å²) in [5, 5.41) is 21.1. The molecule has 2 aromatic rings. The van der Waals surface area contributed by atoms with Crippen molar-refractivity contribution in [2.24, 2.45) is 0 Å². The number of phenolic OH excluding ortho intramolecular Hbond substituents is 2. The van der Waals surface area contributed by atoms with Crippen LogP contribution in [0.3, 0.4) is 0 Å². The number of benzene rings is 2. The third kappa shape index (κ3) is 2.82. The van der Waals surface area contributed by atoms with Crippen LogP contribution in [0.1, 0.15) is 15.9 Å². The van der Waals surface area contributed by atoms with Gasteiger partial charge in [0.15, 0.2) is 11.5 Å². The first-order valence-electron chi connectivity index (χ1n) is 5.57. The number of aromatic hydroxyl groups is 2. The number of aryl methyl sites for hydroxylation is 1. The first-order valence-corrected chi connectivity index (χ1v) is 5.57. The number of phenols is 2. The molecule has 1 amide bonds. The molecule has 0 saturated heterocycles. The standard InChI is InChI=1S/C14H12FNO3/c1-8-6-10(15)3-4-11(8)16-14(19)9-2-5-12(17)13(18)7-9/h2-7,17-18H,1H3,(H,16,19). The fraction of sp³-hybridized carbons (Fsp3) is 0.0714. The lowest BCUT2D eigenvalue weighted by Gasteiger charge is -2.09. The highest BCUT2D eigenvalue weighted by molar-refractivity contribution is 6.05. The number of anilines is 1. The molecule has 2 rings (SSSR count). The molecule has 4 nitrogen and oxygen atoms in total. The molecule has 0 atom stereocenters. The molecule has 0 aliphatic rings. The highest BCUT2D eigenvalue weighted by Gasteiger charge is 2.10. The summed E-state index contributed by atoms with van der Waals surface area (Å²) in [6.45, 7) is 1.67. The van der Waals surface area contributed by atoms with E-state index in [9.17, 15) is 14.3 Å². The molecule has 19 heavy (non-hydrogen) atoms. The van der Waals surface area contributed by atoms with Gasteiger partial charge in [0.05, 0.1) is 0 Å². The molecular formula is C14H12FNO3. The Hall–Kier alpha value is -2.56. The van der Waals surface area contributed by atoms with Crippen LogP contribution in [-0.4, -0.2) is 16.1 Å². The van der Waals surface area contributed by atoms with Crippen molar-refractivity contribution in [3.05, 3.63) is 53.3 Å². The molecule has 0 spiro atoms. The van der Waals surface area contributed by atoms with Crippen molar-refractivity contribution in [2.45, 2.75) is 6.92 Å². The number of nitrogens with one attached hydrogen (secondary N) is 1. The van der Waals surface area contributed by atoms with E-state index in [1.807, 2.05) is 0 Å². The maximum Gasteiger partial charge on any atom is 0.255 e. The molecule has 0 aliphatic carbocycles. The van der Waals surface area contributed by atoms with Gasteiger partial charge >= 0.3 is 0 Å². The van der Waals surface area contributed by atoms with Crippen LogP contribution in [0.25, 0.3) is 0 Å². The van der Waals surface area contributed by atoms with E-state index in [2.05, 4.69) is 5.32 Å². The molecule has 0 aliphatic heterocycles. The van der Waals surface area contributed by atoms with E-state index in [-0.39, 0.29) is 22.9 Å². The number of hydrogen-bond acceptors (Lipinski definition) is 3. The van der Waals surface area contributed by atoms with Gasteiger partial charge in [-0.25, -0.2) is 4.39 Å². The summed E-state index contributed by atoms with van der Waals surface area (Å²) >= 11 is 0. The van der Waals surface area contributed by atoms with Gasteiger partial charge in [0.1, 0.15) is 5.82 Å². The second-order valence-corrected chi connectivity index (χ2v) is 4.12. The summed E-state index contributed by atoms with van der Waals surface area (Å²) in [7, 11) is 0. The fourth-order valence-corrected chi connectivity index (χ4v) is 1.63. The normalized spacial score (nSPS) is 10.2. The molecule has 0 unspecified atom stereocenters. The van der Waals surface area contributed by atoms with E-state index in [0.29, 0.717) is 11.3 Å².